The van der Waals surface area contributed by atoms with Gasteiger partial charge in [0.15, 0.2) is 0 Å². The number of aromatic nitrogens is 2. The minimum absolute atomic E-state index is 0.814. The predicted molar refractivity (Wildman–Crippen MR) is 105 cm³/mol. The monoisotopic (exact) mass is 351 g/mol. The summed E-state index contributed by atoms with van der Waals surface area (Å²) in [5.41, 5.74) is 3.46. The Hall–Kier alpha value is -1.91. The van der Waals surface area contributed by atoms with Crippen LogP contribution >= 0.6 is 0 Å². The number of likely N-dealkylation sites (tertiary alicyclic amines) is 1. The molecule has 0 amide bonds. The summed E-state index contributed by atoms with van der Waals surface area (Å²) in [4.78, 5) is 2.68. The lowest BCUT2D eigenvalue weighted by Gasteiger charge is -2.40. The summed E-state index contributed by atoms with van der Waals surface area (Å²) < 4.78 is 1.72. The van der Waals surface area contributed by atoms with Crippen LogP contribution < -0.4 is 0 Å². The van der Waals surface area contributed by atoms with Gasteiger partial charge in [-0.15, -0.1) is 0 Å². The topological polar surface area (TPSA) is 41.3 Å². The molecule has 26 heavy (non-hydrogen) atoms. The third-order valence-electron chi connectivity index (χ3n) is 6.14. The van der Waals surface area contributed by atoms with E-state index < -0.39 is 5.60 Å². The van der Waals surface area contributed by atoms with Crippen LogP contribution in [0.1, 0.15) is 55.7 Å². The van der Waals surface area contributed by atoms with E-state index in [0.717, 1.165) is 17.2 Å². The van der Waals surface area contributed by atoms with Crippen LogP contribution in [0.5, 0.6) is 0 Å². The number of aryl methyl sites for hydroxylation is 1. The highest BCUT2D eigenvalue weighted by molar-refractivity contribution is 5.54. The van der Waals surface area contributed by atoms with Gasteiger partial charge >= 0.3 is 0 Å². The second-order valence-corrected chi connectivity index (χ2v) is 8.02. The minimum Gasteiger partial charge on any atom is -0.381 e. The lowest BCUT2D eigenvalue weighted by molar-refractivity contribution is 0.102. The van der Waals surface area contributed by atoms with E-state index in [1.807, 2.05) is 32.3 Å². The average molecular weight is 351 g/mol. The van der Waals surface area contributed by atoms with E-state index in [2.05, 4.69) is 28.2 Å². The molecule has 2 aromatic rings. The fraction of sp³-hybridized carbons (Fsp3) is 0.500. The standard InChI is InChI=1S/C22H29N3O/c1-22(26,20-15-23-24(2)16-20)19-8-6-17(7-9-19)14-18-10-12-25(13-11-18)21-4-3-5-21/h6-9,14-16,21,26H,3-5,10-13H2,1-2H3. The summed E-state index contributed by atoms with van der Waals surface area (Å²) in [6.45, 7) is 4.25. The first-order valence-corrected chi connectivity index (χ1v) is 9.78. The number of aliphatic hydroxyl groups is 1. The van der Waals surface area contributed by atoms with Gasteiger partial charge < -0.3 is 5.11 Å². The van der Waals surface area contributed by atoms with Crippen molar-refractivity contribution in [1.82, 2.24) is 14.7 Å². The maximum Gasteiger partial charge on any atom is 0.115 e. The van der Waals surface area contributed by atoms with Crippen LogP contribution in [0.3, 0.4) is 0 Å². The van der Waals surface area contributed by atoms with Crippen molar-refractivity contribution in [2.45, 2.75) is 50.7 Å². The second-order valence-electron chi connectivity index (χ2n) is 8.02. The molecule has 2 heterocycles. The lowest BCUT2D eigenvalue weighted by atomic mass is 9.88. The van der Waals surface area contributed by atoms with Gasteiger partial charge in [0.1, 0.15) is 5.60 Å². The summed E-state index contributed by atoms with van der Waals surface area (Å²) >= 11 is 0. The Morgan fingerprint density at radius 3 is 2.35 bits per heavy atom. The van der Waals surface area contributed by atoms with Gasteiger partial charge in [-0.1, -0.05) is 42.3 Å². The quantitative estimate of drug-likeness (QED) is 0.913. The van der Waals surface area contributed by atoms with Gasteiger partial charge in [-0.3, -0.25) is 9.58 Å². The molecule has 0 bridgehead atoms. The van der Waals surface area contributed by atoms with E-state index in [4.69, 9.17) is 0 Å². The number of hydrogen-bond acceptors (Lipinski definition) is 3. The fourth-order valence-electron chi connectivity index (χ4n) is 4.05. The summed E-state index contributed by atoms with van der Waals surface area (Å²) in [7, 11) is 1.87. The van der Waals surface area contributed by atoms with Gasteiger partial charge in [0.25, 0.3) is 0 Å². The molecule has 2 fully saturated rings. The Bertz CT molecular complexity index is 774. The molecule has 1 saturated heterocycles. The van der Waals surface area contributed by atoms with Gasteiger partial charge in [-0.05, 0) is 43.7 Å². The molecule has 4 heteroatoms. The lowest BCUT2D eigenvalue weighted by Crippen LogP contribution is -2.43. The number of hydrogen-bond donors (Lipinski definition) is 1. The van der Waals surface area contributed by atoms with Crippen molar-refractivity contribution < 1.29 is 5.11 Å². The molecule has 0 radical (unpaired) electrons. The van der Waals surface area contributed by atoms with Gasteiger partial charge in [-0.25, -0.2) is 0 Å². The van der Waals surface area contributed by atoms with Crippen molar-refractivity contribution in [1.29, 1.82) is 0 Å². The SMILES string of the molecule is Cn1cc(C(C)(O)c2ccc(C=C3CCN(C4CCC4)CC3)cc2)cn1. The van der Waals surface area contributed by atoms with Crippen LogP contribution in [0, 0.1) is 0 Å². The largest absolute Gasteiger partial charge is 0.381 e. The maximum atomic E-state index is 10.9. The van der Waals surface area contributed by atoms with E-state index in [0.29, 0.717) is 0 Å². The molecular formula is C22H29N3O. The van der Waals surface area contributed by atoms with Crippen molar-refractivity contribution in [3.63, 3.8) is 0 Å². The van der Waals surface area contributed by atoms with Gasteiger partial charge in [-0.2, -0.15) is 5.10 Å². The van der Waals surface area contributed by atoms with Crippen LogP contribution in [0.25, 0.3) is 6.08 Å². The van der Waals surface area contributed by atoms with Crippen LogP contribution in [0.15, 0.2) is 42.2 Å². The molecule has 1 N–H and O–H groups in total. The van der Waals surface area contributed by atoms with E-state index in [-0.39, 0.29) is 0 Å². The van der Waals surface area contributed by atoms with Crippen LogP contribution in [-0.2, 0) is 12.6 Å². The van der Waals surface area contributed by atoms with Crippen molar-refractivity contribution in [3.8, 4) is 0 Å². The molecule has 1 aliphatic heterocycles. The Balaban J connectivity index is 1.43. The highest BCUT2D eigenvalue weighted by Crippen LogP contribution is 2.31. The van der Waals surface area contributed by atoms with Crippen molar-refractivity contribution in [3.05, 3.63) is 58.9 Å². The molecule has 1 atom stereocenters. The van der Waals surface area contributed by atoms with E-state index in [1.165, 1.54) is 50.8 Å². The van der Waals surface area contributed by atoms with Gasteiger partial charge in [0, 0.05) is 37.9 Å². The third-order valence-corrected chi connectivity index (χ3v) is 6.14. The zero-order valence-corrected chi connectivity index (χ0v) is 15.9. The second kappa shape index (κ2) is 7.01. The predicted octanol–water partition coefficient (Wildman–Crippen LogP) is 3.71. The van der Waals surface area contributed by atoms with Crippen molar-refractivity contribution in [2.24, 2.45) is 7.05 Å². The summed E-state index contributed by atoms with van der Waals surface area (Å²) in [6, 6.07) is 9.16. The van der Waals surface area contributed by atoms with E-state index >= 15 is 0 Å². The van der Waals surface area contributed by atoms with Crippen LogP contribution in [0.4, 0.5) is 0 Å². The van der Waals surface area contributed by atoms with Gasteiger partial charge in [0.05, 0.1) is 6.20 Å². The molecule has 1 aromatic heterocycles. The first-order valence-electron chi connectivity index (χ1n) is 9.78. The zero-order chi connectivity index (χ0) is 18.1. The fourth-order valence-corrected chi connectivity index (χ4v) is 4.05. The molecule has 4 rings (SSSR count). The molecule has 4 nitrogen and oxygen atoms in total. The molecule has 1 unspecified atom stereocenters. The van der Waals surface area contributed by atoms with E-state index in [1.54, 1.807) is 16.5 Å². The summed E-state index contributed by atoms with van der Waals surface area (Å²) in [6.07, 6.45) is 12.5. The minimum atomic E-state index is -1.02. The Kier molecular flexibility index (Phi) is 4.72. The molecular weight excluding hydrogens is 322 g/mol. The number of benzene rings is 1. The number of piperidine rings is 1. The Labute approximate surface area is 156 Å². The number of nitrogens with zero attached hydrogens (tertiary/aromatic N) is 3. The zero-order valence-electron chi connectivity index (χ0n) is 15.9. The normalized spacial score (nSPS) is 21.3. The summed E-state index contributed by atoms with van der Waals surface area (Å²) in [5.74, 6) is 0. The first kappa shape index (κ1) is 17.5. The highest BCUT2D eigenvalue weighted by Gasteiger charge is 2.28. The molecule has 0 spiro atoms. The van der Waals surface area contributed by atoms with Crippen molar-refractivity contribution in [2.75, 3.05) is 13.1 Å². The maximum absolute atomic E-state index is 10.9. The third kappa shape index (κ3) is 3.49. The van der Waals surface area contributed by atoms with E-state index in [9.17, 15) is 5.11 Å². The number of rotatable bonds is 4. The average Bonchev–Trinajstić information content (AvgIpc) is 3.03. The summed E-state index contributed by atoms with van der Waals surface area (Å²) in [5, 5.41) is 15.1. The Morgan fingerprint density at radius 1 is 1.12 bits per heavy atom. The molecule has 2 aliphatic rings. The smallest absolute Gasteiger partial charge is 0.115 e. The molecule has 1 saturated carbocycles. The first-order chi connectivity index (χ1) is 12.5. The molecule has 1 aromatic carbocycles. The van der Waals surface area contributed by atoms with Crippen LogP contribution in [0.2, 0.25) is 0 Å². The molecule has 138 valence electrons. The van der Waals surface area contributed by atoms with Crippen LogP contribution in [-0.4, -0.2) is 38.9 Å². The Morgan fingerprint density at radius 2 is 1.81 bits per heavy atom. The van der Waals surface area contributed by atoms with Crippen molar-refractivity contribution >= 4 is 6.08 Å². The highest BCUT2D eigenvalue weighted by atomic mass is 16.3. The van der Waals surface area contributed by atoms with Gasteiger partial charge in [0.2, 0.25) is 0 Å². The molecule has 1 aliphatic carbocycles.